The van der Waals surface area contributed by atoms with Crippen molar-refractivity contribution in [1.82, 2.24) is 0 Å². The molecule has 22 heavy (non-hydrogen) atoms. The quantitative estimate of drug-likeness (QED) is 0.794. The van der Waals surface area contributed by atoms with E-state index in [2.05, 4.69) is 19.9 Å². The number of benzene rings is 2. The Morgan fingerprint density at radius 2 is 1.73 bits per heavy atom. The molecule has 0 N–H and O–H groups in total. The Bertz CT molecular complexity index is 616. The van der Waals surface area contributed by atoms with Crippen molar-refractivity contribution in [2.75, 3.05) is 13.2 Å². The van der Waals surface area contributed by atoms with Gasteiger partial charge in [-0.1, -0.05) is 31.5 Å². The van der Waals surface area contributed by atoms with Crippen molar-refractivity contribution < 1.29 is 14.2 Å². The highest BCUT2D eigenvalue weighted by atomic mass is 16.7. The summed E-state index contributed by atoms with van der Waals surface area (Å²) in [4.78, 5) is 0. The lowest BCUT2D eigenvalue weighted by molar-refractivity contribution is -0.171. The van der Waals surface area contributed by atoms with Gasteiger partial charge < -0.3 is 14.2 Å². The maximum Gasteiger partial charge on any atom is 0.195 e. The summed E-state index contributed by atoms with van der Waals surface area (Å²) < 4.78 is 17.8. The maximum atomic E-state index is 5.94. The molecule has 3 nitrogen and oxygen atoms in total. The average Bonchev–Trinajstić information content (AvgIpc) is 2.98. The van der Waals surface area contributed by atoms with E-state index in [4.69, 9.17) is 14.2 Å². The minimum Gasteiger partial charge on any atom is -0.457 e. The van der Waals surface area contributed by atoms with Gasteiger partial charge in [-0.05, 0) is 42.8 Å². The zero-order chi connectivity index (χ0) is 15.4. The normalized spacial score (nSPS) is 16.6. The lowest BCUT2D eigenvalue weighted by Gasteiger charge is -2.29. The van der Waals surface area contributed by atoms with Crippen molar-refractivity contribution >= 4 is 0 Å². The van der Waals surface area contributed by atoms with Crippen LogP contribution in [0, 0.1) is 6.92 Å². The molecule has 1 saturated heterocycles. The molecule has 0 radical (unpaired) electrons. The molecule has 3 heteroatoms. The lowest BCUT2D eigenvalue weighted by atomic mass is 9.96. The Morgan fingerprint density at radius 1 is 1.00 bits per heavy atom. The molecular weight excluding hydrogens is 276 g/mol. The smallest absolute Gasteiger partial charge is 0.195 e. The highest BCUT2D eigenvalue weighted by Gasteiger charge is 2.38. The largest absolute Gasteiger partial charge is 0.457 e. The first-order valence-corrected chi connectivity index (χ1v) is 7.85. The molecule has 2 aromatic rings. The number of rotatable bonds is 5. The van der Waals surface area contributed by atoms with Crippen molar-refractivity contribution in [2.24, 2.45) is 0 Å². The van der Waals surface area contributed by atoms with Crippen molar-refractivity contribution in [2.45, 2.75) is 32.5 Å². The molecule has 1 aliphatic heterocycles. The van der Waals surface area contributed by atoms with E-state index in [0.717, 1.165) is 35.5 Å². The van der Waals surface area contributed by atoms with E-state index >= 15 is 0 Å². The van der Waals surface area contributed by atoms with Crippen molar-refractivity contribution in [3.63, 3.8) is 0 Å². The zero-order valence-corrected chi connectivity index (χ0v) is 13.2. The van der Waals surface area contributed by atoms with Crippen LogP contribution in [0.5, 0.6) is 11.5 Å². The highest BCUT2D eigenvalue weighted by Crippen LogP contribution is 2.39. The molecule has 0 aliphatic carbocycles. The van der Waals surface area contributed by atoms with Gasteiger partial charge in [0.2, 0.25) is 0 Å². The van der Waals surface area contributed by atoms with Crippen LogP contribution in [-0.4, -0.2) is 13.2 Å². The van der Waals surface area contributed by atoms with Crippen LogP contribution in [0.4, 0.5) is 0 Å². The molecule has 2 aromatic carbocycles. The average molecular weight is 298 g/mol. The molecule has 1 aliphatic rings. The number of para-hydroxylation sites is 1. The number of hydrogen-bond acceptors (Lipinski definition) is 3. The summed E-state index contributed by atoms with van der Waals surface area (Å²) in [6, 6.07) is 15.9. The Balaban J connectivity index is 1.85. The summed E-state index contributed by atoms with van der Waals surface area (Å²) in [7, 11) is 0. The van der Waals surface area contributed by atoms with Gasteiger partial charge in [0.05, 0.1) is 13.2 Å². The third-order valence-corrected chi connectivity index (χ3v) is 3.92. The third-order valence-electron chi connectivity index (χ3n) is 3.92. The van der Waals surface area contributed by atoms with E-state index in [-0.39, 0.29) is 0 Å². The van der Waals surface area contributed by atoms with Gasteiger partial charge in [-0.15, -0.1) is 0 Å². The fraction of sp³-hybridized carbons (Fsp3) is 0.368. The van der Waals surface area contributed by atoms with Crippen LogP contribution in [0.3, 0.4) is 0 Å². The Morgan fingerprint density at radius 3 is 2.36 bits per heavy atom. The molecule has 116 valence electrons. The zero-order valence-electron chi connectivity index (χ0n) is 13.2. The SMILES string of the molecule is CCCC1(c2ccc(Oc3ccccc3)cc2C)OCCO1. The van der Waals surface area contributed by atoms with Gasteiger partial charge >= 0.3 is 0 Å². The Labute approximate surface area is 131 Å². The summed E-state index contributed by atoms with van der Waals surface area (Å²) in [5.41, 5.74) is 2.23. The summed E-state index contributed by atoms with van der Waals surface area (Å²) >= 11 is 0. The van der Waals surface area contributed by atoms with E-state index in [9.17, 15) is 0 Å². The first kappa shape index (κ1) is 15.1. The van der Waals surface area contributed by atoms with E-state index in [1.54, 1.807) is 0 Å². The van der Waals surface area contributed by atoms with Gasteiger partial charge in [0.15, 0.2) is 5.79 Å². The molecule has 1 fully saturated rings. The minimum atomic E-state index is -0.579. The van der Waals surface area contributed by atoms with Gasteiger partial charge in [-0.2, -0.15) is 0 Å². The predicted molar refractivity (Wildman–Crippen MR) is 86.2 cm³/mol. The standard InChI is InChI=1S/C19H22O3/c1-3-11-19(20-12-13-21-19)18-10-9-17(14-15(18)2)22-16-7-5-4-6-8-16/h4-10,14H,3,11-13H2,1-2H3. The van der Waals surface area contributed by atoms with Gasteiger partial charge in [0, 0.05) is 12.0 Å². The first-order chi connectivity index (χ1) is 10.7. The van der Waals surface area contributed by atoms with Crippen LogP contribution >= 0.6 is 0 Å². The maximum absolute atomic E-state index is 5.94. The monoisotopic (exact) mass is 298 g/mol. The van der Waals surface area contributed by atoms with Crippen LogP contribution in [0.15, 0.2) is 48.5 Å². The lowest BCUT2D eigenvalue weighted by Crippen LogP contribution is -2.27. The molecule has 0 unspecified atom stereocenters. The summed E-state index contributed by atoms with van der Waals surface area (Å²) in [5.74, 6) is 1.09. The first-order valence-electron chi connectivity index (χ1n) is 7.85. The molecule has 0 amide bonds. The van der Waals surface area contributed by atoms with Crippen LogP contribution in [0.1, 0.15) is 30.9 Å². The number of aryl methyl sites for hydroxylation is 1. The van der Waals surface area contributed by atoms with Crippen molar-refractivity contribution in [3.05, 3.63) is 59.7 Å². The molecule has 0 saturated carbocycles. The van der Waals surface area contributed by atoms with E-state index in [1.165, 1.54) is 0 Å². The van der Waals surface area contributed by atoms with Crippen LogP contribution in [0.2, 0.25) is 0 Å². The second-order valence-corrected chi connectivity index (χ2v) is 5.59. The molecule has 0 atom stereocenters. The minimum absolute atomic E-state index is 0.579. The van der Waals surface area contributed by atoms with E-state index in [0.29, 0.717) is 13.2 Å². The Kier molecular flexibility index (Phi) is 4.46. The van der Waals surface area contributed by atoms with Crippen molar-refractivity contribution in [1.29, 1.82) is 0 Å². The second-order valence-electron chi connectivity index (χ2n) is 5.59. The Hall–Kier alpha value is -1.84. The van der Waals surface area contributed by atoms with Gasteiger partial charge in [-0.3, -0.25) is 0 Å². The fourth-order valence-corrected chi connectivity index (χ4v) is 2.97. The number of hydrogen-bond donors (Lipinski definition) is 0. The predicted octanol–water partition coefficient (Wildman–Crippen LogP) is 4.79. The van der Waals surface area contributed by atoms with E-state index < -0.39 is 5.79 Å². The topological polar surface area (TPSA) is 27.7 Å². The second kappa shape index (κ2) is 6.51. The summed E-state index contributed by atoms with van der Waals surface area (Å²) in [6.45, 7) is 5.54. The van der Waals surface area contributed by atoms with Gasteiger partial charge in [-0.25, -0.2) is 0 Å². The summed E-state index contributed by atoms with van der Waals surface area (Å²) in [6.07, 6.45) is 1.88. The van der Waals surface area contributed by atoms with Crippen LogP contribution in [-0.2, 0) is 15.3 Å². The fourth-order valence-electron chi connectivity index (χ4n) is 2.97. The van der Waals surface area contributed by atoms with Gasteiger partial charge in [0.1, 0.15) is 11.5 Å². The van der Waals surface area contributed by atoms with Crippen molar-refractivity contribution in [3.8, 4) is 11.5 Å². The van der Waals surface area contributed by atoms with Crippen LogP contribution < -0.4 is 4.74 Å². The molecule has 0 bridgehead atoms. The molecule has 0 spiro atoms. The highest BCUT2D eigenvalue weighted by molar-refractivity contribution is 5.40. The summed E-state index contributed by atoms with van der Waals surface area (Å²) in [5, 5.41) is 0. The third kappa shape index (κ3) is 3.01. The molecule has 0 aromatic heterocycles. The van der Waals surface area contributed by atoms with Crippen LogP contribution in [0.25, 0.3) is 0 Å². The number of ether oxygens (including phenoxy) is 3. The molecular formula is C19H22O3. The molecule has 1 heterocycles. The molecule has 3 rings (SSSR count). The van der Waals surface area contributed by atoms with E-state index in [1.807, 2.05) is 42.5 Å². The van der Waals surface area contributed by atoms with Gasteiger partial charge in [0.25, 0.3) is 0 Å².